The third-order valence-corrected chi connectivity index (χ3v) is 4.48. The van der Waals surface area contributed by atoms with E-state index >= 15 is 0 Å². The zero-order valence-electron chi connectivity index (χ0n) is 11.9. The van der Waals surface area contributed by atoms with Gasteiger partial charge in [-0.25, -0.2) is 13.1 Å². The Labute approximate surface area is 129 Å². The van der Waals surface area contributed by atoms with Crippen molar-refractivity contribution in [1.29, 1.82) is 5.26 Å². The molecule has 0 aromatic heterocycles. The van der Waals surface area contributed by atoms with Crippen LogP contribution in [0, 0.1) is 11.3 Å². The molecule has 0 unspecified atom stereocenters. The van der Waals surface area contributed by atoms with Gasteiger partial charge in [0.15, 0.2) is 0 Å². The smallest absolute Gasteiger partial charge is 0.216 e. The Morgan fingerprint density at radius 2 is 1.82 bits per heavy atom. The molecular formula is C16H16N2O3S. The summed E-state index contributed by atoms with van der Waals surface area (Å²) in [6.45, 7) is -0.0148. The molecule has 0 bridgehead atoms. The number of rotatable bonds is 6. The topological polar surface area (TPSA) is 90.2 Å². The maximum Gasteiger partial charge on any atom is 0.216 e. The van der Waals surface area contributed by atoms with Crippen LogP contribution in [0.4, 0.5) is 0 Å². The van der Waals surface area contributed by atoms with Gasteiger partial charge in [0.2, 0.25) is 10.0 Å². The predicted octanol–water partition coefficient (Wildman–Crippen LogP) is 1.67. The Hall–Kier alpha value is -2.20. The zero-order valence-corrected chi connectivity index (χ0v) is 12.7. The van der Waals surface area contributed by atoms with E-state index in [0.717, 1.165) is 5.56 Å². The van der Waals surface area contributed by atoms with Gasteiger partial charge in [-0.2, -0.15) is 5.26 Å². The molecule has 0 aliphatic carbocycles. The van der Waals surface area contributed by atoms with Crippen LogP contribution in [0.1, 0.15) is 22.3 Å². The fraction of sp³-hybridized carbons (Fsp3) is 0.188. The standard InChI is InChI=1S/C16H16N2O3S/c17-9-13-4-3-5-14(8-13)12-22(20,21)18-10-15-6-1-2-7-16(15)11-19/h1-8,18-19H,10-12H2. The molecule has 0 amide bonds. The van der Waals surface area contributed by atoms with E-state index in [1.165, 1.54) is 0 Å². The van der Waals surface area contributed by atoms with Gasteiger partial charge < -0.3 is 5.11 Å². The lowest BCUT2D eigenvalue weighted by Crippen LogP contribution is -2.25. The zero-order chi connectivity index (χ0) is 16.0. The summed E-state index contributed by atoms with van der Waals surface area (Å²) >= 11 is 0. The SMILES string of the molecule is N#Cc1cccc(CS(=O)(=O)NCc2ccccc2CO)c1. The summed E-state index contributed by atoms with van der Waals surface area (Å²) in [5.41, 5.74) is 2.41. The Balaban J connectivity index is 2.06. The Morgan fingerprint density at radius 3 is 2.50 bits per heavy atom. The quantitative estimate of drug-likeness (QED) is 0.848. The summed E-state index contributed by atoms with van der Waals surface area (Å²) in [6.07, 6.45) is 0. The Bertz CT molecular complexity index is 795. The Kier molecular flexibility index (Phi) is 5.28. The van der Waals surface area contributed by atoms with E-state index < -0.39 is 10.0 Å². The fourth-order valence-electron chi connectivity index (χ4n) is 2.07. The molecule has 114 valence electrons. The van der Waals surface area contributed by atoms with Gasteiger partial charge >= 0.3 is 0 Å². The first-order valence-electron chi connectivity index (χ1n) is 6.68. The lowest BCUT2D eigenvalue weighted by molar-refractivity contribution is 0.280. The molecule has 2 rings (SSSR count). The van der Waals surface area contributed by atoms with Gasteiger partial charge in [0.1, 0.15) is 0 Å². The lowest BCUT2D eigenvalue weighted by Gasteiger charge is -2.10. The summed E-state index contributed by atoms with van der Waals surface area (Å²) in [5, 5.41) is 18.1. The number of sulfonamides is 1. The van der Waals surface area contributed by atoms with Gasteiger partial charge in [-0.15, -0.1) is 0 Å². The van der Waals surface area contributed by atoms with Gasteiger partial charge in [-0.1, -0.05) is 36.4 Å². The molecule has 0 radical (unpaired) electrons. The maximum atomic E-state index is 12.1. The molecule has 2 aromatic rings. The average molecular weight is 316 g/mol. The third kappa shape index (κ3) is 4.40. The van der Waals surface area contributed by atoms with Crippen LogP contribution in [-0.4, -0.2) is 13.5 Å². The van der Waals surface area contributed by atoms with Crippen molar-refractivity contribution in [2.24, 2.45) is 0 Å². The number of hydrogen-bond donors (Lipinski definition) is 2. The molecule has 2 aromatic carbocycles. The first-order chi connectivity index (χ1) is 10.5. The molecule has 0 saturated heterocycles. The minimum absolute atomic E-state index is 0.122. The molecule has 0 saturated carbocycles. The highest BCUT2D eigenvalue weighted by molar-refractivity contribution is 7.88. The van der Waals surface area contributed by atoms with Crippen LogP contribution >= 0.6 is 0 Å². The van der Waals surface area contributed by atoms with Crippen molar-refractivity contribution in [3.8, 4) is 6.07 Å². The monoisotopic (exact) mass is 316 g/mol. The average Bonchev–Trinajstić information content (AvgIpc) is 2.53. The summed E-state index contributed by atoms with van der Waals surface area (Å²) in [5.74, 6) is -0.191. The first-order valence-corrected chi connectivity index (χ1v) is 8.33. The molecule has 22 heavy (non-hydrogen) atoms. The summed E-state index contributed by atoms with van der Waals surface area (Å²) < 4.78 is 26.7. The molecular weight excluding hydrogens is 300 g/mol. The van der Waals surface area contributed by atoms with E-state index in [9.17, 15) is 13.5 Å². The summed E-state index contributed by atoms with van der Waals surface area (Å²) in [4.78, 5) is 0. The first kappa shape index (κ1) is 16.2. The highest BCUT2D eigenvalue weighted by Gasteiger charge is 2.12. The summed E-state index contributed by atoms with van der Waals surface area (Å²) in [6, 6.07) is 15.6. The van der Waals surface area contributed by atoms with Crippen LogP contribution in [0.3, 0.4) is 0 Å². The van der Waals surface area contributed by atoms with Crippen LogP contribution < -0.4 is 4.72 Å². The Morgan fingerprint density at radius 1 is 1.09 bits per heavy atom. The van der Waals surface area contributed by atoms with Crippen molar-refractivity contribution < 1.29 is 13.5 Å². The summed E-state index contributed by atoms with van der Waals surface area (Å²) in [7, 11) is -3.52. The van der Waals surface area contributed by atoms with Crippen molar-refractivity contribution in [2.75, 3.05) is 0 Å². The molecule has 0 spiro atoms. The number of nitriles is 1. The predicted molar refractivity (Wildman–Crippen MR) is 83.0 cm³/mol. The highest BCUT2D eigenvalue weighted by atomic mass is 32.2. The molecule has 6 heteroatoms. The van der Waals surface area contributed by atoms with E-state index in [-0.39, 0.29) is 18.9 Å². The van der Waals surface area contributed by atoms with Gasteiger partial charge in [0.05, 0.1) is 24.0 Å². The van der Waals surface area contributed by atoms with Gasteiger partial charge in [0, 0.05) is 6.54 Å². The van der Waals surface area contributed by atoms with Gasteiger partial charge in [-0.3, -0.25) is 0 Å². The molecule has 5 nitrogen and oxygen atoms in total. The number of benzene rings is 2. The lowest BCUT2D eigenvalue weighted by atomic mass is 10.1. The second kappa shape index (κ2) is 7.18. The molecule has 0 fully saturated rings. The number of hydrogen-bond acceptors (Lipinski definition) is 4. The minimum atomic E-state index is -3.52. The molecule has 0 aliphatic heterocycles. The number of nitrogens with zero attached hydrogens (tertiary/aromatic N) is 1. The second-order valence-electron chi connectivity index (χ2n) is 4.82. The maximum absolute atomic E-state index is 12.1. The van der Waals surface area contributed by atoms with Crippen LogP contribution in [0.5, 0.6) is 0 Å². The van der Waals surface area contributed by atoms with Crippen LogP contribution in [0.25, 0.3) is 0 Å². The van der Waals surface area contributed by atoms with E-state index in [0.29, 0.717) is 16.7 Å². The fourth-order valence-corrected chi connectivity index (χ4v) is 3.17. The third-order valence-electron chi connectivity index (χ3n) is 3.18. The van der Waals surface area contributed by atoms with Crippen LogP contribution in [0.2, 0.25) is 0 Å². The van der Waals surface area contributed by atoms with E-state index in [2.05, 4.69) is 4.72 Å². The number of nitrogens with one attached hydrogen (secondary N) is 1. The minimum Gasteiger partial charge on any atom is -0.392 e. The molecule has 0 aliphatic rings. The van der Waals surface area contributed by atoms with Crippen molar-refractivity contribution in [2.45, 2.75) is 18.9 Å². The van der Waals surface area contributed by atoms with E-state index in [1.807, 2.05) is 6.07 Å². The molecule has 0 atom stereocenters. The highest BCUT2D eigenvalue weighted by Crippen LogP contribution is 2.11. The van der Waals surface area contributed by atoms with E-state index in [1.54, 1.807) is 48.5 Å². The van der Waals surface area contributed by atoms with Crippen molar-refractivity contribution >= 4 is 10.0 Å². The molecule has 0 heterocycles. The van der Waals surface area contributed by atoms with Crippen LogP contribution in [0.15, 0.2) is 48.5 Å². The largest absolute Gasteiger partial charge is 0.392 e. The van der Waals surface area contributed by atoms with Crippen molar-refractivity contribution in [3.05, 3.63) is 70.8 Å². The van der Waals surface area contributed by atoms with Crippen molar-refractivity contribution in [3.63, 3.8) is 0 Å². The van der Waals surface area contributed by atoms with Crippen molar-refractivity contribution in [1.82, 2.24) is 4.72 Å². The number of aliphatic hydroxyl groups is 1. The van der Waals surface area contributed by atoms with E-state index in [4.69, 9.17) is 5.26 Å². The van der Waals surface area contributed by atoms with Gasteiger partial charge in [-0.05, 0) is 28.8 Å². The van der Waals surface area contributed by atoms with Gasteiger partial charge in [0.25, 0.3) is 0 Å². The second-order valence-corrected chi connectivity index (χ2v) is 6.63. The molecule has 2 N–H and O–H groups in total. The number of aliphatic hydroxyl groups excluding tert-OH is 1. The van der Waals surface area contributed by atoms with Crippen LogP contribution in [-0.2, 0) is 28.9 Å². The normalized spacial score (nSPS) is 11.1.